The number of carbonyl (C=O) groups excluding carboxylic acids is 1. The zero-order valence-corrected chi connectivity index (χ0v) is 18.7. The predicted molar refractivity (Wildman–Crippen MR) is 123 cm³/mol. The van der Waals surface area contributed by atoms with Gasteiger partial charge in [0.05, 0.1) is 17.4 Å². The molecule has 5 N–H and O–H groups in total. The molecular formula is C23H25F2N5OS. The number of nitrogen functional groups attached to an aromatic ring is 1. The Morgan fingerprint density at radius 2 is 1.94 bits per heavy atom. The van der Waals surface area contributed by atoms with Crippen LogP contribution >= 0.6 is 11.3 Å². The van der Waals surface area contributed by atoms with Gasteiger partial charge in [-0.1, -0.05) is 18.3 Å². The first-order chi connectivity index (χ1) is 15.2. The van der Waals surface area contributed by atoms with E-state index in [0.717, 1.165) is 36.2 Å². The normalized spacial score (nSPS) is 20.8. The molecule has 6 nitrogen and oxygen atoms in total. The van der Waals surface area contributed by atoms with Gasteiger partial charge >= 0.3 is 0 Å². The Morgan fingerprint density at radius 3 is 2.62 bits per heavy atom. The second-order valence-corrected chi connectivity index (χ2v) is 9.55. The van der Waals surface area contributed by atoms with Gasteiger partial charge in [0.15, 0.2) is 5.69 Å². The van der Waals surface area contributed by atoms with E-state index in [1.807, 2.05) is 6.07 Å². The maximum absolute atomic E-state index is 14.4. The highest BCUT2D eigenvalue weighted by molar-refractivity contribution is 7.19. The molecule has 1 aliphatic carbocycles. The van der Waals surface area contributed by atoms with E-state index in [-0.39, 0.29) is 33.2 Å². The van der Waals surface area contributed by atoms with Crippen molar-refractivity contribution in [1.29, 1.82) is 0 Å². The predicted octanol–water partition coefficient (Wildman–Crippen LogP) is 4.86. The van der Waals surface area contributed by atoms with E-state index in [0.29, 0.717) is 17.2 Å². The number of hydrogen-bond donors (Lipinski definition) is 3. The first-order valence-electron chi connectivity index (χ1n) is 10.5. The van der Waals surface area contributed by atoms with Crippen molar-refractivity contribution in [3.05, 3.63) is 59.0 Å². The Kier molecular flexibility index (Phi) is 6.21. The molecule has 3 atom stereocenters. The summed E-state index contributed by atoms with van der Waals surface area (Å²) in [4.78, 5) is 21.3. The number of nitrogens with two attached hydrogens (primary N) is 2. The first kappa shape index (κ1) is 22.3. The largest absolute Gasteiger partial charge is 0.389 e. The zero-order chi connectivity index (χ0) is 23.0. The molecule has 1 fully saturated rings. The third-order valence-electron chi connectivity index (χ3n) is 5.79. The third-order valence-corrected chi connectivity index (χ3v) is 6.69. The highest BCUT2D eigenvalue weighted by Crippen LogP contribution is 2.39. The monoisotopic (exact) mass is 457 g/mol. The van der Waals surface area contributed by atoms with Gasteiger partial charge in [0.1, 0.15) is 21.6 Å². The molecule has 2 heterocycles. The van der Waals surface area contributed by atoms with Crippen molar-refractivity contribution < 1.29 is 13.6 Å². The summed E-state index contributed by atoms with van der Waals surface area (Å²) in [6.45, 7) is 3.77. The zero-order valence-electron chi connectivity index (χ0n) is 17.9. The van der Waals surface area contributed by atoms with Gasteiger partial charge in [0, 0.05) is 12.2 Å². The Hall–Kier alpha value is -2.91. The highest BCUT2D eigenvalue weighted by Gasteiger charge is 2.28. The van der Waals surface area contributed by atoms with Crippen LogP contribution in [0.2, 0.25) is 0 Å². The minimum absolute atomic E-state index is 0.0149. The van der Waals surface area contributed by atoms with E-state index in [4.69, 9.17) is 11.5 Å². The Balaban J connectivity index is 1.61. The maximum atomic E-state index is 14.4. The van der Waals surface area contributed by atoms with E-state index in [9.17, 15) is 13.6 Å². The SMILES string of the molecule is Cc1cc(F)c(-c2nc(C(=O)Nc3cnccc3[C@@H]3C[C@H](C)C[C@H](N)C3)c(N)s2)c(F)c1. The minimum Gasteiger partial charge on any atom is -0.389 e. The third kappa shape index (κ3) is 4.49. The quantitative estimate of drug-likeness (QED) is 0.519. The summed E-state index contributed by atoms with van der Waals surface area (Å²) in [5.41, 5.74) is 13.8. The number of rotatable bonds is 4. The molecule has 0 unspecified atom stereocenters. The molecule has 0 spiro atoms. The molecular weight excluding hydrogens is 432 g/mol. The van der Waals surface area contributed by atoms with Crippen molar-refractivity contribution in [2.45, 2.75) is 45.1 Å². The molecule has 3 aromatic rings. The van der Waals surface area contributed by atoms with Crippen molar-refractivity contribution in [1.82, 2.24) is 9.97 Å². The Labute approximate surface area is 189 Å². The molecule has 2 aromatic heterocycles. The molecule has 168 valence electrons. The summed E-state index contributed by atoms with van der Waals surface area (Å²) in [7, 11) is 0. The summed E-state index contributed by atoms with van der Waals surface area (Å²) in [5.74, 6) is -1.37. The van der Waals surface area contributed by atoms with Gasteiger partial charge in [-0.05, 0) is 67.3 Å². The number of benzene rings is 1. The fourth-order valence-corrected chi connectivity index (χ4v) is 5.34. The molecule has 1 aliphatic rings. The van der Waals surface area contributed by atoms with Gasteiger partial charge in [0.25, 0.3) is 5.91 Å². The van der Waals surface area contributed by atoms with Crippen LogP contribution in [0.3, 0.4) is 0 Å². The average Bonchev–Trinajstić information content (AvgIpc) is 3.08. The Bertz CT molecular complexity index is 1130. The molecule has 0 aliphatic heterocycles. The number of thiazole rings is 1. The van der Waals surface area contributed by atoms with Gasteiger partial charge in [-0.2, -0.15) is 0 Å². The molecule has 0 bridgehead atoms. The molecule has 32 heavy (non-hydrogen) atoms. The number of aryl methyl sites for hydroxylation is 1. The van der Waals surface area contributed by atoms with E-state index >= 15 is 0 Å². The fraction of sp³-hybridized carbons (Fsp3) is 0.348. The number of nitrogens with one attached hydrogen (secondary N) is 1. The minimum atomic E-state index is -0.750. The van der Waals surface area contributed by atoms with E-state index in [2.05, 4.69) is 22.2 Å². The molecule has 4 rings (SSSR count). The van der Waals surface area contributed by atoms with Crippen LogP contribution in [0.15, 0.2) is 30.6 Å². The van der Waals surface area contributed by atoms with Crippen LogP contribution in [0.4, 0.5) is 19.5 Å². The first-order valence-corrected chi connectivity index (χ1v) is 11.3. The van der Waals surface area contributed by atoms with Crippen molar-refractivity contribution in [2.75, 3.05) is 11.1 Å². The van der Waals surface area contributed by atoms with E-state index in [1.54, 1.807) is 19.3 Å². The Morgan fingerprint density at radius 1 is 1.22 bits per heavy atom. The van der Waals surface area contributed by atoms with Crippen LogP contribution in [0.1, 0.15) is 53.7 Å². The van der Waals surface area contributed by atoms with Crippen LogP contribution in [0.25, 0.3) is 10.6 Å². The van der Waals surface area contributed by atoms with Gasteiger partial charge in [0.2, 0.25) is 0 Å². The number of pyridine rings is 1. The second-order valence-electron chi connectivity index (χ2n) is 8.52. The standard InChI is InChI=1S/C23H25F2N5OS/c1-11-5-13(9-14(26)6-11)15-3-4-28-10-18(15)29-22(31)20-21(27)32-23(30-20)19-16(24)7-12(2)8-17(19)25/h3-4,7-8,10-11,13-14H,5-6,9,26-27H2,1-2H3,(H,29,31)/t11-,13+,14-/m0/s1. The highest BCUT2D eigenvalue weighted by atomic mass is 32.1. The number of halogens is 2. The lowest BCUT2D eigenvalue weighted by Gasteiger charge is -2.32. The molecule has 1 aromatic carbocycles. The number of hydrogen-bond acceptors (Lipinski definition) is 6. The molecule has 1 saturated carbocycles. The maximum Gasteiger partial charge on any atom is 0.277 e. The van der Waals surface area contributed by atoms with E-state index in [1.165, 1.54) is 12.1 Å². The lowest BCUT2D eigenvalue weighted by Crippen LogP contribution is -2.31. The lowest BCUT2D eigenvalue weighted by atomic mass is 9.76. The second kappa shape index (κ2) is 8.91. The number of nitrogens with zero attached hydrogens (tertiary/aromatic N) is 2. The van der Waals surface area contributed by atoms with Gasteiger partial charge in [-0.25, -0.2) is 13.8 Å². The van der Waals surface area contributed by atoms with Crippen LogP contribution in [-0.2, 0) is 0 Å². The summed E-state index contributed by atoms with van der Waals surface area (Å²) in [6, 6.07) is 4.43. The summed E-state index contributed by atoms with van der Waals surface area (Å²) < 4.78 is 28.7. The fourth-order valence-electron chi connectivity index (χ4n) is 4.46. The smallest absolute Gasteiger partial charge is 0.277 e. The van der Waals surface area contributed by atoms with Crippen LogP contribution in [0, 0.1) is 24.5 Å². The lowest BCUT2D eigenvalue weighted by molar-refractivity contribution is 0.102. The number of amides is 1. The number of anilines is 2. The molecule has 0 saturated heterocycles. The van der Waals surface area contributed by atoms with Gasteiger partial charge in [-0.15, -0.1) is 0 Å². The van der Waals surface area contributed by atoms with Crippen molar-refractivity contribution in [2.24, 2.45) is 11.7 Å². The van der Waals surface area contributed by atoms with Crippen LogP contribution in [-0.4, -0.2) is 21.9 Å². The average molecular weight is 458 g/mol. The number of aromatic nitrogens is 2. The topological polar surface area (TPSA) is 107 Å². The van der Waals surface area contributed by atoms with Crippen molar-refractivity contribution in [3.63, 3.8) is 0 Å². The van der Waals surface area contributed by atoms with Crippen molar-refractivity contribution in [3.8, 4) is 10.6 Å². The van der Waals surface area contributed by atoms with Gasteiger partial charge < -0.3 is 16.8 Å². The van der Waals surface area contributed by atoms with Gasteiger partial charge in [-0.3, -0.25) is 9.78 Å². The summed E-state index contributed by atoms with van der Waals surface area (Å²) in [5, 5.41) is 2.93. The van der Waals surface area contributed by atoms with Crippen LogP contribution < -0.4 is 16.8 Å². The summed E-state index contributed by atoms with van der Waals surface area (Å²) in [6.07, 6.45) is 6.05. The number of carbonyl (C=O) groups is 1. The molecule has 1 amide bonds. The molecule has 0 radical (unpaired) electrons. The van der Waals surface area contributed by atoms with Crippen molar-refractivity contribution >= 4 is 27.9 Å². The van der Waals surface area contributed by atoms with E-state index < -0.39 is 17.5 Å². The van der Waals surface area contributed by atoms with Crippen LogP contribution in [0.5, 0.6) is 0 Å². The summed E-state index contributed by atoms with van der Waals surface area (Å²) >= 11 is 0.867. The molecule has 9 heteroatoms.